The Hall–Kier alpha value is -1.65. The van der Waals surface area contributed by atoms with E-state index in [0.717, 1.165) is 0 Å². The number of nitrogen functional groups attached to an aromatic ring is 1. The van der Waals surface area contributed by atoms with E-state index in [1.807, 2.05) is 0 Å². The van der Waals surface area contributed by atoms with Gasteiger partial charge in [-0.2, -0.15) is 0 Å². The van der Waals surface area contributed by atoms with Crippen LogP contribution in [0.25, 0.3) is 0 Å². The van der Waals surface area contributed by atoms with Crippen LogP contribution in [0.15, 0.2) is 30.5 Å². The lowest BCUT2D eigenvalue weighted by molar-refractivity contribution is 0.215. The summed E-state index contributed by atoms with van der Waals surface area (Å²) >= 11 is 5.80. The molecule has 3 nitrogen and oxygen atoms in total. The summed E-state index contributed by atoms with van der Waals surface area (Å²) in [5.74, 6) is -0.322. The molecule has 1 atom stereocenters. The Kier molecular flexibility index (Phi) is 3.50. The van der Waals surface area contributed by atoms with Gasteiger partial charge in [-0.25, -0.2) is 9.37 Å². The summed E-state index contributed by atoms with van der Waals surface area (Å²) in [5.41, 5.74) is 6.58. The quantitative estimate of drug-likeness (QED) is 0.879. The molecule has 0 spiro atoms. The van der Waals surface area contributed by atoms with Crippen molar-refractivity contribution >= 4 is 17.4 Å². The average molecular weight is 267 g/mol. The zero-order valence-corrected chi connectivity index (χ0v) is 10.4. The number of nitrogens with two attached hydrogens (primary N) is 1. The van der Waals surface area contributed by atoms with Crippen molar-refractivity contribution in [2.24, 2.45) is 0 Å². The molecule has 0 aliphatic heterocycles. The summed E-state index contributed by atoms with van der Waals surface area (Å²) in [6.45, 7) is 1.63. The predicted octanol–water partition coefficient (Wildman–Crippen LogP) is 2.85. The zero-order chi connectivity index (χ0) is 13.3. The van der Waals surface area contributed by atoms with Gasteiger partial charge in [-0.3, -0.25) is 0 Å². The molecule has 0 bridgehead atoms. The fourth-order valence-corrected chi connectivity index (χ4v) is 1.90. The van der Waals surface area contributed by atoms with E-state index >= 15 is 0 Å². The van der Waals surface area contributed by atoms with Gasteiger partial charge in [0.15, 0.2) is 0 Å². The normalized spacial score (nSPS) is 12.4. The van der Waals surface area contributed by atoms with E-state index in [2.05, 4.69) is 4.98 Å². The van der Waals surface area contributed by atoms with Crippen LogP contribution in [-0.4, -0.2) is 10.1 Å². The second kappa shape index (κ2) is 4.92. The predicted molar refractivity (Wildman–Crippen MR) is 68.9 cm³/mol. The fourth-order valence-electron chi connectivity index (χ4n) is 1.73. The van der Waals surface area contributed by atoms with Crippen molar-refractivity contribution in [3.05, 3.63) is 58.0 Å². The number of hydrogen-bond donors (Lipinski definition) is 2. The maximum Gasteiger partial charge on any atom is 0.132 e. The molecule has 3 N–H and O–H groups in total. The molecule has 1 aromatic carbocycles. The van der Waals surface area contributed by atoms with E-state index in [1.165, 1.54) is 18.3 Å². The van der Waals surface area contributed by atoms with Crippen molar-refractivity contribution in [3.63, 3.8) is 0 Å². The van der Waals surface area contributed by atoms with Crippen LogP contribution in [0, 0.1) is 12.7 Å². The van der Waals surface area contributed by atoms with Gasteiger partial charge in [-0.05, 0) is 18.6 Å². The SMILES string of the molecule is Cc1cccc(C(O)c2cc(Cl)cnc2N)c1F. The highest BCUT2D eigenvalue weighted by molar-refractivity contribution is 6.30. The largest absolute Gasteiger partial charge is 0.383 e. The second-order valence-electron chi connectivity index (χ2n) is 4.01. The smallest absolute Gasteiger partial charge is 0.132 e. The molecular formula is C13H12ClFN2O. The summed E-state index contributed by atoms with van der Waals surface area (Å²) in [5, 5.41) is 10.5. The topological polar surface area (TPSA) is 59.1 Å². The molecule has 0 amide bonds. The monoisotopic (exact) mass is 266 g/mol. The molecule has 1 heterocycles. The van der Waals surface area contributed by atoms with Crippen molar-refractivity contribution in [3.8, 4) is 0 Å². The first-order chi connectivity index (χ1) is 8.50. The standard InChI is InChI=1S/C13H12ClFN2O/c1-7-3-2-4-9(11(7)15)12(18)10-5-8(14)6-17-13(10)16/h2-6,12,18H,1H3,(H2,16,17). The van der Waals surface area contributed by atoms with Crippen LogP contribution in [0.3, 0.4) is 0 Å². The molecule has 0 aliphatic carbocycles. The molecule has 0 saturated heterocycles. The van der Waals surface area contributed by atoms with Crippen LogP contribution in [0.1, 0.15) is 22.8 Å². The van der Waals surface area contributed by atoms with Crippen LogP contribution in [-0.2, 0) is 0 Å². The van der Waals surface area contributed by atoms with Gasteiger partial charge < -0.3 is 10.8 Å². The number of aromatic nitrogens is 1. The molecule has 94 valence electrons. The van der Waals surface area contributed by atoms with Crippen LogP contribution in [0.5, 0.6) is 0 Å². The third-order valence-corrected chi connectivity index (χ3v) is 2.93. The maximum absolute atomic E-state index is 13.9. The fraction of sp³-hybridized carbons (Fsp3) is 0.154. The number of pyridine rings is 1. The highest BCUT2D eigenvalue weighted by Crippen LogP contribution is 2.29. The van der Waals surface area contributed by atoms with E-state index in [1.54, 1.807) is 19.1 Å². The number of aliphatic hydroxyl groups is 1. The molecule has 1 unspecified atom stereocenters. The third-order valence-electron chi connectivity index (χ3n) is 2.73. The molecular weight excluding hydrogens is 255 g/mol. The molecule has 18 heavy (non-hydrogen) atoms. The minimum absolute atomic E-state index is 0.132. The minimum atomic E-state index is -1.18. The van der Waals surface area contributed by atoms with Gasteiger partial charge in [-0.15, -0.1) is 0 Å². The Morgan fingerprint density at radius 1 is 1.39 bits per heavy atom. The first kappa shape index (κ1) is 12.8. The second-order valence-corrected chi connectivity index (χ2v) is 4.45. The molecule has 2 aromatic rings. The molecule has 1 aromatic heterocycles. The number of aryl methyl sites for hydroxylation is 1. The van der Waals surface area contributed by atoms with E-state index in [0.29, 0.717) is 16.1 Å². The van der Waals surface area contributed by atoms with E-state index in [-0.39, 0.29) is 11.4 Å². The first-order valence-electron chi connectivity index (χ1n) is 5.34. The van der Waals surface area contributed by atoms with Gasteiger partial charge in [0, 0.05) is 17.3 Å². The van der Waals surface area contributed by atoms with E-state index in [9.17, 15) is 9.50 Å². The number of hydrogen-bond acceptors (Lipinski definition) is 3. The molecule has 0 aliphatic rings. The van der Waals surface area contributed by atoms with Crippen molar-refractivity contribution < 1.29 is 9.50 Å². The van der Waals surface area contributed by atoms with Crippen LogP contribution < -0.4 is 5.73 Å². The summed E-state index contributed by atoms with van der Waals surface area (Å²) in [7, 11) is 0. The van der Waals surface area contributed by atoms with E-state index < -0.39 is 11.9 Å². The lowest BCUT2D eigenvalue weighted by Crippen LogP contribution is -2.08. The average Bonchev–Trinajstić information content (AvgIpc) is 2.35. The van der Waals surface area contributed by atoms with Crippen LogP contribution in [0.2, 0.25) is 5.02 Å². The number of rotatable bonds is 2. The first-order valence-corrected chi connectivity index (χ1v) is 5.72. The molecule has 5 heteroatoms. The Balaban J connectivity index is 2.51. The van der Waals surface area contributed by atoms with Gasteiger partial charge in [0.2, 0.25) is 0 Å². The number of benzene rings is 1. The lowest BCUT2D eigenvalue weighted by atomic mass is 10.00. The highest BCUT2D eigenvalue weighted by Gasteiger charge is 2.19. The Labute approximate surface area is 109 Å². The van der Waals surface area contributed by atoms with Crippen molar-refractivity contribution in [2.75, 3.05) is 5.73 Å². The Bertz CT molecular complexity index is 587. The maximum atomic E-state index is 13.9. The third kappa shape index (κ3) is 2.30. The summed E-state index contributed by atoms with van der Waals surface area (Å²) in [4.78, 5) is 3.84. The summed E-state index contributed by atoms with van der Waals surface area (Å²) in [6, 6.07) is 6.29. The van der Waals surface area contributed by atoms with Crippen molar-refractivity contribution in [1.29, 1.82) is 0 Å². The van der Waals surface area contributed by atoms with Crippen LogP contribution in [0.4, 0.5) is 10.2 Å². The lowest BCUT2D eigenvalue weighted by Gasteiger charge is -2.15. The van der Waals surface area contributed by atoms with Gasteiger partial charge in [0.25, 0.3) is 0 Å². The zero-order valence-electron chi connectivity index (χ0n) is 9.69. The van der Waals surface area contributed by atoms with Crippen molar-refractivity contribution in [1.82, 2.24) is 4.98 Å². The number of aliphatic hydroxyl groups excluding tert-OH is 1. The van der Waals surface area contributed by atoms with E-state index in [4.69, 9.17) is 17.3 Å². The van der Waals surface area contributed by atoms with Gasteiger partial charge in [-0.1, -0.05) is 29.8 Å². The Morgan fingerprint density at radius 2 is 2.11 bits per heavy atom. The molecule has 0 saturated carbocycles. The Morgan fingerprint density at radius 3 is 2.83 bits per heavy atom. The van der Waals surface area contributed by atoms with Gasteiger partial charge in [0.1, 0.15) is 17.7 Å². The summed E-state index contributed by atoms with van der Waals surface area (Å²) < 4.78 is 13.9. The number of nitrogens with zero attached hydrogens (tertiary/aromatic N) is 1. The minimum Gasteiger partial charge on any atom is -0.383 e. The molecule has 0 fully saturated rings. The number of anilines is 1. The molecule has 2 rings (SSSR count). The van der Waals surface area contributed by atoms with Crippen molar-refractivity contribution in [2.45, 2.75) is 13.0 Å². The van der Waals surface area contributed by atoms with Gasteiger partial charge >= 0.3 is 0 Å². The summed E-state index contributed by atoms with van der Waals surface area (Å²) in [6.07, 6.45) is 0.191. The highest BCUT2D eigenvalue weighted by atomic mass is 35.5. The van der Waals surface area contributed by atoms with Gasteiger partial charge in [0.05, 0.1) is 5.02 Å². The molecule has 0 radical (unpaired) electrons. The number of halogens is 2. The van der Waals surface area contributed by atoms with Crippen LogP contribution >= 0.6 is 11.6 Å².